The predicted molar refractivity (Wildman–Crippen MR) is 137 cm³/mol. The molecular formula is C27H33N7O2. The molecule has 3 fully saturated rings. The average molecular weight is 488 g/mol. The standard InChI is InChI=1S/C27H33N7O2/c1-27(2,3)36-26(35)31-24-19-14-34(15-20(19)24)25-28-18(11-16-7-5-4-6-8-16)12-22(30-25)29-23-13-21(32-33-23)17-9-10-17/h4-8,12-13,17,19-20,24H,9-11,14-15H2,1-3H3,(H,31,35)(H2,28,29,30,32,33)/t19-,20+,24+. The van der Waals surface area contributed by atoms with Gasteiger partial charge in [-0.15, -0.1) is 0 Å². The summed E-state index contributed by atoms with van der Waals surface area (Å²) in [6, 6.07) is 14.6. The number of aromatic amines is 1. The van der Waals surface area contributed by atoms with E-state index < -0.39 is 5.60 Å². The number of carbonyl (C=O) groups excluding carboxylic acids is 1. The lowest BCUT2D eigenvalue weighted by atomic mass is 10.1. The number of anilines is 3. The van der Waals surface area contributed by atoms with Crippen molar-refractivity contribution >= 4 is 23.7 Å². The van der Waals surface area contributed by atoms with Crippen molar-refractivity contribution in [3.63, 3.8) is 0 Å². The molecule has 6 rings (SSSR count). The van der Waals surface area contributed by atoms with Crippen molar-refractivity contribution < 1.29 is 9.53 Å². The second-order valence-electron chi connectivity index (χ2n) is 11.2. The van der Waals surface area contributed by atoms with Crippen LogP contribution in [0.1, 0.15) is 56.5 Å². The van der Waals surface area contributed by atoms with E-state index in [1.165, 1.54) is 24.1 Å². The van der Waals surface area contributed by atoms with Gasteiger partial charge >= 0.3 is 6.09 Å². The fourth-order valence-electron chi connectivity index (χ4n) is 5.07. The maximum absolute atomic E-state index is 12.2. The van der Waals surface area contributed by atoms with Crippen molar-refractivity contribution in [2.45, 2.75) is 57.6 Å². The number of H-pyrrole nitrogens is 1. The Labute approximate surface area is 211 Å². The third kappa shape index (κ3) is 5.15. The molecule has 1 amide bonds. The van der Waals surface area contributed by atoms with Crippen LogP contribution in [0.3, 0.4) is 0 Å². The molecule has 1 aliphatic heterocycles. The molecule has 9 heteroatoms. The normalized spacial score (nSPS) is 22.8. The van der Waals surface area contributed by atoms with Gasteiger partial charge < -0.3 is 20.3 Å². The first-order valence-corrected chi connectivity index (χ1v) is 12.8. The van der Waals surface area contributed by atoms with Gasteiger partial charge in [0.05, 0.1) is 5.69 Å². The third-order valence-electron chi connectivity index (χ3n) is 7.03. The molecule has 3 atom stereocenters. The number of amides is 1. The Hall–Kier alpha value is -3.62. The fraction of sp³-hybridized carbons (Fsp3) is 0.481. The molecule has 0 radical (unpaired) electrons. The first-order valence-electron chi connectivity index (χ1n) is 12.8. The molecule has 188 valence electrons. The molecule has 2 saturated carbocycles. The van der Waals surface area contributed by atoms with Gasteiger partial charge in [0.15, 0.2) is 5.82 Å². The highest BCUT2D eigenvalue weighted by Crippen LogP contribution is 2.46. The zero-order valence-corrected chi connectivity index (χ0v) is 21.0. The van der Waals surface area contributed by atoms with Gasteiger partial charge in [-0.3, -0.25) is 5.10 Å². The van der Waals surface area contributed by atoms with Crippen LogP contribution < -0.4 is 15.5 Å². The molecule has 2 aliphatic carbocycles. The van der Waals surface area contributed by atoms with Crippen LogP contribution in [0.4, 0.5) is 22.4 Å². The lowest BCUT2D eigenvalue weighted by Crippen LogP contribution is -2.38. The SMILES string of the molecule is CC(C)(C)OC(=O)N[C@H]1[C@@H]2CN(c3nc(Cc4ccccc4)cc(Nc4cc(C5CC5)[nH]n4)n3)C[C@@H]21. The molecule has 2 aromatic heterocycles. The lowest BCUT2D eigenvalue weighted by molar-refractivity contribution is 0.0518. The average Bonchev–Trinajstić information content (AvgIpc) is 3.66. The highest BCUT2D eigenvalue weighted by molar-refractivity contribution is 5.69. The minimum atomic E-state index is -0.496. The Morgan fingerprint density at radius 2 is 1.83 bits per heavy atom. The first kappa shape index (κ1) is 22.8. The highest BCUT2D eigenvalue weighted by Gasteiger charge is 2.57. The second-order valence-corrected chi connectivity index (χ2v) is 11.2. The molecule has 0 spiro atoms. The van der Waals surface area contributed by atoms with Crippen LogP contribution in [0.15, 0.2) is 42.5 Å². The number of nitrogens with one attached hydrogen (secondary N) is 3. The maximum atomic E-state index is 12.2. The number of nitrogens with zero attached hydrogens (tertiary/aromatic N) is 4. The Morgan fingerprint density at radius 3 is 2.53 bits per heavy atom. The number of aromatic nitrogens is 4. The Kier molecular flexibility index (Phi) is 5.58. The van der Waals surface area contributed by atoms with Gasteiger partial charge in [-0.05, 0) is 39.2 Å². The van der Waals surface area contributed by atoms with Crippen molar-refractivity contribution in [2.75, 3.05) is 23.3 Å². The zero-order chi connectivity index (χ0) is 24.9. The minimum Gasteiger partial charge on any atom is -0.444 e. The summed E-state index contributed by atoms with van der Waals surface area (Å²) in [5.41, 5.74) is 2.84. The van der Waals surface area contributed by atoms with Crippen LogP contribution in [0.2, 0.25) is 0 Å². The molecule has 1 saturated heterocycles. The topological polar surface area (TPSA) is 108 Å². The number of benzene rings is 1. The highest BCUT2D eigenvalue weighted by atomic mass is 16.6. The van der Waals surface area contributed by atoms with Gasteiger partial charge in [-0.1, -0.05) is 30.3 Å². The van der Waals surface area contributed by atoms with Crippen LogP contribution in [0.25, 0.3) is 0 Å². The van der Waals surface area contributed by atoms with Crippen LogP contribution in [0, 0.1) is 11.8 Å². The number of ether oxygens (including phenoxy) is 1. The molecule has 3 N–H and O–H groups in total. The summed E-state index contributed by atoms with van der Waals surface area (Å²) in [6.07, 6.45) is 2.83. The molecule has 9 nitrogen and oxygen atoms in total. The quantitative estimate of drug-likeness (QED) is 0.454. The molecule has 0 unspecified atom stereocenters. The summed E-state index contributed by atoms with van der Waals surface area (Å²) in [4.78, 5) is 24.2. The van der Waals surface area contributed by atoms with Crippen molar-refractivity contribution in [1.29, 1.82) is 0 Å². The molecule has 3 heterocycles. The predicted octanol–water partition coefficient (Wildman–Crippen LogP) is 4.37. The number of hydrogen-bond donors (Lipinski definition) is 3. The van der Waals surface area contributed by atoms with Crippen molar-refractivity contribution in [3.8, 4) is 0 Å². The molecule has 3 aliphatic rings. The summed E-state index contributed by atoms with van der Waals surface area (Å²) in [7, 11) is 0. The van der Waals surface area contributed by atoms with E-state index in [1.807, 2.05) is 45.0 Å². The number of fused-ring (bicyclic) bond motifs is 1. The van der Waals surface area contributed by atoms with Gasteiger partial charge in [0.2, 0.25) is 5.95 Å². The van der Waals surface area contributed by atoms with Crippen LogP contribution >= 0.6 is 0 Å². The fourth-order valence-corrected chi connectivity index (χ4v) is 5.07. The van der Waals surface area contributed by atoms with Crippen LogP contribution in [0.5, 0.6) is 0 Å². The van der Waals surface area contributed by atoms with Gasteiger partial charge in [-0.2, -0.15) is 10.1 Å². The Morgan fingerprint density at radius 1 is 1.08 bits per heavy atom. The number of hydrogen-bond acceptors (Lipinski definition) is 7. The van der Waals surface area contributed by atoms with E-state index >= 15 is 0 Å². The van der Waals surface area contributed by atoms with Crippen LogP contribution in [-0.4, -0.2) is 51.0 Å². The van der Waals surface area contributed by atoms with Crippen LogP contribution in [-0.2, 0) is 11.2 Å². The van der Waals surface area contributed by atoms with E-state index in [1.54, 1.807) is 0 Å². The van der Waals surface area contributed by atoms with Crippen molar-refractivity contribution in [1.82, 2.24) is 25.5 Å². The van der Waals surface area contributed by atoms with Gasteiger partial charge in [-0.25, -0.2) is 9.78 Å². The molecule has 3 aromatic rings. The number of rotatable bonds is 7. The first-order chi connectivity index (χ1) is 17.3. The van der Waals surface area contributed by atoms with Gasteiger partial charge in [0.25, 0.3) is 0 Å². The Balaban J connectivity index is 1.17. The molecule has 36 heavy (non-hydrogen) atoms. The van der Waals surface area contributed by atoms with Crippen molar-refractivity contribution in [3.05, 3.63) is 59.4 Å². The van der Waals surface area contributed by atoms with E-state index in [4.69, 9.17) is 14.7 Å². The van der Waals surface area contributed by atoms with E-state index in [2.05, 4.69) is 43.9 Å². The smallest absolute Gasteiger partial charge is 0.407 e. The zero-order valence-electron chi connectivity index (χ0n) is 21.0. The summed E-state index contributed by atoms with van der Waals surface area (Å²) < 4.78 is 5.43. The maximum Gasteiger partial charge on any atom is 0.407 e. The summed E-state index contributed by atoms with van der Waals surface area (Å²) in [5.74, 6) is 3.63. The number of piperidine rings is 1. The monoisotopic (exact) mass is 487 g/mol. The number of carbonyl (C=O) groups is 1. The minimum absolute atomic E-state index is 0.158. The largest absolute Gasteiger partial charge is 0.444 e. The molecule has 1 aromatic carbocycles. The molecular weight excluding hydrogens is 454 g/mol. The van der Waals surface area contributed by atoms with E-state index in [0.29, 0.717) is 23.7 Å². The van der Waals surface area contributed by atoms with Gasteiger partial charge in [0, 0.05) is 61.1 Å². The molecule has 0 bridgehead atoms. The number of alkyl carbamates (subject to hydrolysis) is 1. The summed E-state index contributed by atoms with van der Waals surface area (Å²) >= 11 is 0. The summed E-state index contributed by atoms with van der Waals surface area (Å²) in [6.45, 7) is 7.26. The van der Waals surface area contributed by atoms with Crippen molar-refractivity contribution in [2.24, 2.45) is 11.8 Å². The summed E-state index contributed by atoms with van der Waals surface area (Å²) in [5, 5.41) is 14.0. The van der Waals surface area contributed by atoms with E-state index in [-0.39, 0.29) is 12.1 Å². The second kappa shape index (κ2) is 8.80. The van der Waals surface area contributed by atoms with Gasteiger partial charge in [0.1, 0.15) is 11.4 Å². The van der Waals surface area contributed by atoms with E-state index in [0.717, 1.165) is 36.8 Å². The Bertz CT molecular complexity index is 1240. The van der Waals surface area contributed by atoms with E-state index in [9.17, 15) is 4.79 Å². The third-order valence-corrected chi connectivity index (χ3v) is 7.03. The lowest BCUT2D eigenvalue weighted by Gasteiger charge is -2.23.